The molecular weight excluding hydrogens is 372 g/mol. The fraction of sp³-hybridized carbons (Fsp3) is 0. The molecule has 0 fully saturated rings. The van der Waals surface area contributed by atoms with E-state index < -0.39 is 17.4 Å². The highest BCUT2D eigenvalue weighted by atomic mass is 35.5. The number of carbonyl (C=O) groups is 2. The lowest BCUT2D eigenvalue weighted by molar-refractivity contribution is 0.0880. The van der Waals surface area contributed by atoms with Crippen LogP contribution < -0.4 is 21.3 Å². The Morgan fingerprint density at radius 1 is 1.11 bits per heavy atom. The number of halogens is 1. The van der Waals surface area contributed by atoms with Gasteiger partial charge in [0.15, 0.2) is 5.75 Å². The number of aromatic nitrogens is 2. The lowest BCUT2D eigenvalue weighted by Crippen LogP contribution is -2.24. The average molecular weight is 383 g/mol. The van der Waals surface area contributed by atoms with Crippen molar-refractivity contribution in [3.63, 3.8) is 0 Å². The lowest BCUT2D eigenvalue weighted by atomic mass is 10.1. The van der Waals surface area contributed by atoms with Crippen LogP contribution in [-0.2, 0) is 0 Å². The summed E-state index contributed by atoms with van der Waals surface area (Å²) in [5.74, 6) is -0.811. The van der Waals surface area contributed by atoms with Gasteiger partial charge in [-0.2, -0.15) is 0 Å². The molecule has 1 aromatic carbocycles. The minimum absolute atomic E-state index is 0.0597. The van der Waals surface area contributed by atoms with Crippen LogP contribution in [0, 0.1) is 0 Å². The number of ether oxygens (including phenoxy) is 1. The largest absolute Gasteiger partial charge is 0.454 e. The van der Waals surface area contributed by atoms with Crippen LogP contribution in [0.15, 0.2) is 53.6 Å². The number of nitrogens with two attached hydrogens (primary N) is 1. The van der Waals surface area contributed by atoms with Gasteiger partial charge in [0.25, 0.3) is 17.4 Å². The van der Waals surface area contributed by atoms with Crippen molar-refractivity contribution in [2.45, 2.75) is 0 Å². The van der Waals surface area contributed by atoms with Crippen molar-refractivity contribution in [2.75, 3.05) is 5.73 Å². The first kappa shape index (κ1) is 16.8. The molecule has 3 aromatic rings. The SMILES string of the molecule is Nc1c2c(cc(=O)n1-c1cc(Cl)ccc1Oc1cccnc1)C(=O)NC2=O. The van der Waals surface area contributed by atoms with Gasteiger partial charge in [-0.3, -0.25) is 29.3 Å². The molecule has 4 rings (SSSR count). The van der Waals surface area contributed by atoms with Gasteiger partial charge >= 0.3 is 0 Å². The number of hydrogen-bond acceptors (Lipinski definition) is 6. The van der Waals surface area contributed by atoms with E-state index >= 15 is 0 Å². The molecule has 8 nitrogen and oxygen atoms in total. The normalized spacial score (nSPS) is 12.6. The highest BCUT2D eigenvalue weighted by molar-refractivity contribution is 6.30. The molecule has 0 unspecified atom stereocenters. The Balaban J connectivity index is 1.94. The van der Waals surface area contributed by atoms with Crippen LogP contribution in [0.25, 0.3) is 5.69 Å². The summed E-state index contributed by atoms with van der Waals surface area (Å²) in [5.41, 5.74) is 5.57. The van der Waals surface area contributed by atoms with Crippen molar-refractivity contribution in [3.8, 4) is 17.2 Å². The Morgan fingerprint density at radius 2 is 1.93 bits per heavy atom. The Morgan fingerprint density at radius 3 is 2.67 bits per heavy atom. The van der Waals surface area contributed by atoms with Crippen molar-refractivity contribution in [3.05, 3.63) is 75.3 Å². The van der Waals surface area contributed by atoms with Crippen molar-refractivity contribution in [1.29, 1.82) is 0 Å². The molecule has 2 aromatic heterocycles. The van der Waals surface area contributed by atoms with Crippen molar-refractivity contribution in [1.82, 2.24) is 14.9 Å². The van der Waals surface area contributed by atoms with Gasteiger partial charge < -0.3 is 10.5 Å². The van der Waals surface area contributed by atoms with Gasteiger partial charge in [0.2, 0.25) is 0 Å². The topological polar surface area (TPSA) is 116 Å². The Hall–Kier alpha value is -3.65. The summed E-state index contributed by atoms with van der Waals surface area (Å²) in [7, 11) is 0. The third-order valence-corrected chi connectivity index (χ3v) is 4.21. The van der Waals surface area contributed by atoms with Crippen molar-refractivity contribution < 1.29 is 14.3 Å². The number of nitrogens with one attached hydrogen (secondary N) is 1. The van der Waals surface area contributed by atoms with Crippen LogP contribution in [-0.4, -0.2) is 21.4 Å². The smallest absolute Gasteiger partial charge is 0.262 e. The summed E-state index contributed by atoms with van der Waals surface area (Å²) < 4.78 is 6.87. The standard InChI is InChI=1S/C18H11ClN4O4/c19-9-3-4-13(27-10-2-1-5-21-8-10)12(6-9)23-14(24)7-11-15(16(23)20)18(26)22-17(11)25/h1-8H,20H2,(H,22,25,26). The van der Waals surface area contributed by atoms with Gasteiger partial charge in [-0.25, -0.2) is 0 Å². The first-order valence-corrected chi connectivity index (χ1v) is 8.12. The zero-order chi connectivity index (χ0) is 19.1. The zero-order valence-corrected chi connectivity index (χ0v) is 14.4. The molecule has 9 heteroatoms. The number of hydrogen-bond donors (Lipinski definition) is 2. The first-order chi connectivity index (χ1) is 13.0. The number of nitrogen functional groups attached to an aromatic ring is 1. The van der Waals surface area contributed by atoms with Gasteiger partial charge in [-0.15, -0.1) is 0 Å². The Bertz CT molecular complexity index is 1160. The second kappa shape index (κ2) is 6.26. The summed E-state index contributed by atoms with van der Waals surface area (Å²) in [6.45, 7) is 0. The average Bonchev–Trinajstić information content (AvgIpc) is 2.92. The highest BCUT2D eigenvalue weighted by Crippen LogP contribution is 2.32. The fourth-order valence-electron chi connectivity index (χ4n) is 2.81. The van der Waals surface area contributed by atoms with Gasteiger partial charge in [0.05, 0.1) is 23.0 Å². The van der Waals surface area contributed by atoms with Crippen LogP contribution >= 0.6 is 11.6 Å². The number of anilines is 1. The van der Waals surface area contributed by atoms with Crippen LogP contribution in [0.4, 0.5) is 5.82 Å². The monoisotopic (exact) mass is 382 g/mol. The highest BCUT2D eigenvalue weighted by Gasteiger charge is 2.32. The summed E-state index contributed by atoms with van der Waals surface area (Å²) >= 11 is 6.09. The second-order valence-corrected chi connectivity index (χ2v) is 6.11. The van der Waals surface area contributed by atoms with E-state index in [2.05, 4.69) is 10.3 Å². The van der Waals surface area contributed by atoms with Gasteiger partial charge in [-0.1, -0.05) is 11.6 Å². The zero-order valence-electron chi connectivity index (χ0n) is 13.6. The van der Waals surface area contributed by atoms with Gasteiger partial charge in [0.1, 0.15) is 11.6 Å². The summed E-state index contributed by atoms with van der Waals surface area (Å²) in [6.07, 6.45) is 3.09. The molecule has 1 aliphatic heterocycles. The minimum Gasteiger partial charge on any atom is -0.454 e. The van der Waals surface area contributed by atoms with E-state index in [0.29, 0.717) is 10.8 Å². The number of benzene rings is 1. The van der Waals surface area contributed by atoms with E-state index in [-0.39, 0.29) is 28.4 Å². The van der Waals surface area contributed by atoms with Crippen LogP contribution in [0.5, 0.6) is 11.5 Å². The number of amides is 2. The third-order valence-electron chi connectivity index (χ3n) is 3.98. The summed E-state index contributed by atoms with van der Waals surface area (Å²) in [6, 6.07) is 9.06. The van der Waals surface area contributed by atoms with Gasteiger partial charge in [-0.05, 0) is 30.3 Å². The molecule has 0 atom stereocenters. The minimum atomic E-state index is -0.669. The molecule has 0 bridgehead atoms. The number of rotatable bonds is 3. The maximum Gasteiger partial charge on any atom is 0.262 e. The molecular formula is C18H11ClN4O4. The molecule has 0 saturated carbocycles. The molecule has 2 amide bonds. The number of carbonyl (C=O) groups excluding carboxylic acids is 2. The fourth-order valence-corrected chi connectivity index (χ4v) is 2.98. The molecule has 0 aliphatic carbocycles. The van der Waals surface area contributed by atoms with E-state index in [1.165, 1.54) is 12.3 Å². The molecule has 27 heavy (non-hydrogen) atoms. The lowest BCUT2D eigenvalue weighted by Gasteiger charge is -2.16. The Labute approximate surface area is 157 Å². The molecule has 3 N–H and O–H groups in total. The van der Waals surface area contributed by atoms with Crippen molar-refractivity contribution in [2.24, 2.45) is 0 Å². The molecule has 1 aliphatic rings. The van der Waals surface area contributed by atoms with E-state index in [9.17, 15) is 14.4 Å². The summed E-state index contributed by atoms with van der Waals surface area (Å²) in [4.78, 5) is 40.5. The second-order valence-electron chi connectivity index (χ2n) is 5.68. The maximum absolute atomic E-state index is 12.6. The van der Waals surface area contributed by atoms with Crippen LogP contribution in [0.2, 0.25) is 5.02 Å². The Kier molecular flexibility index (Phi) is 3.89. The predicted molar refractivity (Wildman–Crippen MR) is 97.6 cm³/mol. The maximum atomic E-state index is 12.6. The molecule has 0 spiro atoms. The van der Waals surface area contributed by atoms with E-state index in [4.69, 9.17) is 22.1 Å². The molecule has 0 radical (unpaired) electrons. The number of fused-ring (bicyclic) bond motifs is 1. The molecule has 134 valence electrons. The summed E-state index contributed by atoms with van der Waals surface area (Å²) in [5, 5.41) is 2.45. The van der Waals surface area contributed by atoms with Crippen LogP contribution in [0.3, 0.4) is 0 Å². The third kappa shape index (κ3) is 2.81. The molecule has 3 heterocycles. The van der Waals surface area contributed by atoms with Crippen molar-refractivity contribution >= 4 is 29.2 Å². The van der Waals surface area contributed by atoms with E-state index in [1.807, 2.05) is 0 Å². The van der Waals surface area contributed by atoms with Crippen LogP contribution in [0.1, 0.15) is 20.7 Å². The number of pyridine rings is 2. The van der Waals surface area contributed by atoms with Gasteiger partial charge in [0, 0.05) is 17.3 Å². The first-order valence-electron chi connectivity index (χ1n) is 7.74. The van der Waals surface area contributed by atoms with E-state index in [1.54, 1.807) is 30.5 Å². The molecule has 0 saturated heterocycles. The quantitative estimate of drug-likeness (QED) is 0.670. The number of nitrogens with zero attached hydrogens (tertiary/aromatic N) is 2. The number of imide groups is 1. The predicted octanol–water partition coefficient (Wildman–Crippen LogP) is 2.14. The van der Waals surface area contributed by atoms with E-state index in [0.717, 1.165) is 10.6 Å².